The normalized spacial score (nSPS) is 22.7. The van der Waals surface area contributed by atoms with Gasteiger partial charge < -0.3 is 23.8 Å². The molecule has 3 heterocycles. The highest BCUT2D eigenvalue weighted by Gasteiger charge is 2.52. The number of ether oxygens (including phenoxy) is 5. The molecule has 11 heteroatoms. The van der Waals surface area contributed by atoms with Crippen molar-refractivity contribution < 1.29 is 41.7 Å². The quantitative estimate of drug-likeness (QED) is 0.578. The standard InChI is InChI=1S/C22H23F3N2O6/c1-29-17-12-15(5-6-16(17)30-10-11-32-22(23,24)25)20(28)27-9-7-21(18-4-2-3-8-26-18)19(13-27)31-14-33-21/h2-6,8,12,19H,7,9-11,13-14H2,1H3/t19?,21-/m0/s1. The summed E-state index contributed by atoms with van der Waals surface area (Å²) in [5.41, 5.74) is 0.443. The van der Waals surface area contributed by atoms with Crippen molar-refractivity contribution in [2.24, 2.45) is 0 Å². The van der Waals surface area contributed by atoms with Crippen LogP contribution in [0, 0.1) is 0 Å². The Hall–Kier alpha value is -2.89. The van der Waals surface area contributed by atoms with Gasteiger partial charge in [-0.3, -0.25) is 14.5 Å². The Morgan fingerprint density at radius 1 is 1.24 bits per heavy atom. The molecule has 8 nitrogen and oxygen atoms in total. The van der Waals surface area contributed by atoms with E-state index in [2.05, 4.69) is 9.72 Å². The molecule has 4 rings (SSSR count). The molecule has 2 aliphatic rings. The van der Waals surface area contributed by atoms with Gasteiger partial charge in [-0.2, -0.15) is 0 Å². The number of pyridine rings is 1. The third-order valence-corrected chi connectivity index (χ3v) is 5.65. The molecule has 1 amide bonds. The maximum atomic E-state index is 13.2. The molecule has 0 N–H and O–H groups in total. The van der Waals surface area contributed by atoms with Crippen molar-refractivity contribution in [2.45, 2.75) is 24.5 Å². The highest BCUT2D eigenvalue weighted by Crippen LogP contribution is 2.42. The summed E-state index contributed by atoms with van der Waals surface area (Å²) in [6, 6.07) is 10.1. The number of hydrogen-bond donors (Lipinski definition) is 0. The van der Waals surface area contributed by atoms with Crippen molar-refractivity contribution in [3.05, 3.63) is 53.9 Å². The Bertz CT molecular complexity index is 974. The fraction of sp³-hybridized carbons (Fsp3) is 0.455. The predicted octanol–water partition coefficient (Wildman–Crippen LogP) is 3.12. The van der Waals surface area contributed by atoms with Crippen molar-refractivity contribution in [2.75, 3.05) is 40.2 Å². The highest BCUT2D eigenvalue weighted by atomic mass is 19.4. The predicted molar refractivity (Wildman–Crippen MR) is 108 cm³/mol. The Morgan fingerprint density at radius 2 is 2.09 bits per heavy atom. The number of fused-ring (bicyclic) bond motifs is 1. The molecule has 2 aromatic rings. The van der Waals surface area contributed by atoms with Gasteiger partial charge in [-0.15, -0.1) is 13.2 Å². The second kappa shape index (κ2) is 9.54. The van der Waals surface area contributed by atoms with Gasteiger partial charge in [0.05, 0.1) is 26.0 Å². The molecule has 178 valence electrons. The first-order valence-corrected chi connectivity index (χ1v) is 10.3. The number of carbonyl (C=O) groups is 1. The summed E-state index contributed by atoms with van der Waals surface area (Å²) >= 11 is 0. The average Bonchev–Trinajstić information content (AvgIpc) is 3.26. The van der Waals surface area contributed by atoms with Crippen molar-refractivity contribution >= 4 is 5.91 Å². The largest absolute Gasteiger partial charge is 0.522 e. The van der Waals surface area contributed by atoms with Crippen molar-refractivity contribution in [3.63, 3.8) is 0 Å². The lowest BCUT2D eigenvalue weighted by Crippen LogP contribution is -2.53. The van der Waals surface area contributed by atoms with Crippen LogP contribution < -0.4 is 9.47 Å². The number of nitrogens with zero attached hydrogens (tertiary/aromatic N) is 2. The lowest BCUT2D eigenvalue weighted by atomic mass is 9.85. The molecular formula is C22H23F3N2O6. The van der Waals surface area contributed by atoms with E-state index in [0.717, 1.165) is 5.69 Å². The first-order chi connectivity index (χ1) is 15.8. The van der Waals surface area contributed by atoms with Crippen molar-refractivity contribution in [3.8, 4) is 11.5 Å². The van der Waals surface area contributed by atoms with Crippen LogP contribution in [0.25, 0.3) is 0 Å². The van der Waals surface area contributed by atoms with Crippen LogP contribution in [-0.4, -0.2) is 68.5 Å². The minimum absolute atomic E-state index is 0.126. The smallest absolute Gasteiger partial charge is 0.493 e. The maximum Gasteiger partial charge on any atom is 0.522 e. The number of aromatic nitrogens is 1. The number of carbonyl (C=O) groups excluding carboxylic acids is 1. The van der Waals surface area contributed by atoms with Gasteiger partial charge in [0.15, 0.2) is 11.5 Å². The summed E-state index contributed by atoms with van der Waals surface area (Å²) in [6.07, 6.45) is -2.85. The summed E-state index contributed by atoms with van der Waals surface area (Å²) in [7, 11) is 1.38. The molecule has 33 heavy (non-hydrogen) atoms. The molecule has 0 saturated carbocycles. The lowest BCUT2D eigenvalue weighted by Gasteiger charge is -2.41. The molecule has 1 aromatic carbocycles. The van der Waals surface area contributed by atoms with Gasteiger partial charge in [0.1, 0.15) is 25.1 Å². The third-order valence-electron chi connectivity index (χ3n) is 5.65. The SMILES string of the molecule is COc1cc(C(=O)N2CC[C@@]3(c4ccccn4)OCOC3C2)ccc1OCCOC(F)(F)F. The number of alkyl halides is 3. The van der Waals surface area contributed by atoms with E-state index in [0.29, 0.717) is 25.1 Å². The van der Waals surface area contributed by atoms with Crippen LogP contribution in [-0.2, 0) is 19.8 Å². The number of halogens is 3. The van der Waals surface area contributed by atoms with E-state index in [1.807, 2.05) is 18.2 Å². The van der Waals surface area contributed by atoms with E-state index in [4.69, 9.17) is 18.9 Å². The number of rotatable bonds is 7. The monoisotopic (exact) mass is 468 g/mol. The van der Waals surface area contributed by atoms with Gasteiger partial charge in [0.2, 0.25) is 0 Å². The molecule has 2 atom stereocenters. The zero-order chi connectivity index (χ0) is 23.5. The third kappa shape index (κ3) is 5.05. The van der Waals surface area contributed by atoms with Crippen LogP contribution in [0.3, 0.4) is 0 Å². The minimum Gasteiger partial charge on any atom is -0.493 e. The van der Waals surface area contributed by atoms with E-state index in [1.54, 1.807) is 11.1 Å². The molecule has 0 spiro atoms. The second-order valence-electron chi connectivity index (χ2n) is 7.53. The fourth-order valence-corrected chi connectivity index (χ4v) is 4.05. The number of benzene rings is 1. The Labute approximate surface area is 188 Å². The van der Waals surface area contributed by atoms with Gasteiger partial charge in [-0.05, 0) is 30.3 Å². The molecular weight excluding hydrogens is 445 g/mol. The zero-order valence-electron chi connectivity index (χ0n) is 17.8. The number of hydrogen-bond acceptors (Lipinski definition) is 7. The van der Waals surface area contributed by atoms with E-state index in [1.165, 1.54) is 25.3 Å². The van der Waals surface area contributed by atoms with E-state index < -0.39 is 18.6 Å². The molecule has 0 bridgehead atoms. The molecule has 0 radical (unpaired) electrons. The highest BCUT2D eigenvalue weighted by molar-refractivity contribution is 5.95. The maximum absolute atomic E-state index is 13.2. The Morgan fingerprint density at radius 3 is 2.82 bits per heavy atom. The summed E-state index contributed by atoms with van der Waals surface area (Å²) < 4.78 is 62.2. The first-order valence-electron chi connectivity index (χ1n) is 10.3. The van der Waals surface area contributed by atoms with Crippen LogP contribution in [0.2, 0.25) is 0 Å². The number of piperidine rings is 1. The number of methoxy groups -OCH3 is 1. The second-order valence-corrected chi connectivity index (χ2v) is 7.53. The molecule has 1 unspecified atom stereocenters. The number of amides is 1. The molecule has 2 aliphatic heterocycles. The zero-order valence-corrected chi connectivity index (χ0v) is 17.8. The van der Waals surface area contributed by atoms with Gasteiger partial charge in [0, 0.05) is 24.7 Å². The van der Waals surface area contributed by atoms with Gasteiger partial charge in [-0.1, -0.05) is 6.07 Å². The summed E-state index contributed by atoms with van der Waals surface area (Å²) in [5.74, 6) is 0.207. The van der Waals surface area contributed by atoms with Crippen molar-refractivity contribution in [1.29, 1.82) is 0 Å². The molecule has 2 saturated heterocycles. The van der Waals surface area contributed by atoms with Gasteiger partial charge in [0.25, 0.3) is 5.91 Å². The van der Waals surface area contributed by atoms with E-state index in [9.17, 15) is 18.0 Å². The van der Waals surface area contributed by atoms with Gasteiger partial charge in [-0.25, -0.2) is 0 Å². The first kappa shape index (κ1) is 23.3. The van der Waals surface area contributed by atoms with Crippen LogP contribution in [0.15, 0.2) is 42.6 Å². The van der Waals surface area contributed by atoms with Crippen LogP contribution in [0.4, 0.5) is 13.2 Å². The van der Waals surface area contributed by atoms with E-state index in [-0.39, 0.29) is 36.9 Å². The summed E-state index contributed by atoms with van der Waals surface area (Å²) in [6.45, 7) is -0.108. The number of likely N-dealkylation sites (tertiary alicyclic amines) is 1. The average molecular weight is 468 g/mol. The van der Waals surface area contributed by atoms with Crippen LogP contribution in [0.5, 0.6) is 11.5 Å². The van der Waals surface area contributed by atoms with E-state index >= 15 is 0 Å². The molecule has 0 aliphatic carbocycles. The van der Waals surface area contributed by atoms with Crippen LogP contribution in [0.1, 0.15) is 22.5 Å². The Balaban J connectivity index is 1.42. The lowest BCUT2D eigenvalue weighted by molar-refractivity contribution is -0.325. The van der Waals surface area contributed by atoms with Crippen LogP contribution >= 0.6 is 0 Å². The summed E-state index contributed by atoms with van der Waals surface area (Å²) in [4.78, 5) is 19.3. The molecule has 2 fully saturated rings. The summed E-state index contributed by atoms with van der Waals surface area (Å²) in [5, 5.41) is 0. The van der Waals surface area contributed by atoms with Crippen molar-refractivity contribution in [1.82, 2.24) is 9.88 Å². The van der Waals surface area contributed by atoms with Gasteiger partial charge >= 0.3 is 6.36 Å². The Kier molecular flexibility index (Phi) is 6.73. The molecule has 1 aromatic heterocycles. The topological polar surface area (TPSA) is 79.4 Å². The minimum atomic E-state index is -4.72. The fourth-order valence-electron chi connectivity index (χ4n) is 4.05.